The van der Waals surface area contributed by atoms with Crippen molar-refractivity contribution in [1.29, 1.82) is 0 Å². The highest BCUT2D eigenvalue weighted by molar-refractivity contribution is 5.44. The lowest BCUT2D eigenvalue weighted by Gasteiger charge is -2.74. The highest BCUT2D eigenvalue weighted by atomic mass is 19.3. The molecule has 1 unspecified atom stereocenters. The molecule has 0 radical (unpaired) electrons. The molecule has 0 amide bonds. The van der Waals surface area contributed by atoms with Gasteiger partial charge in [-0.1, -0.05) is 26.0 Å². The predicted octanol–water partition coefficient (Wildman–Crippen LogP) is 3.33. The summed E-state index contributed by atoms with van der Waals surface area (Å²) in [6.07, 6.45) is 0.647. The summed E-state index contributed by atoms with van der Waals surface area (Å²) in [6.45, 7) is 3.66. The van der Waals surface area contributed by atoms with Gasteiger partial charge in [-0.3, -0.25) is 0 Å². The van der Waals surface area contributed by atoms with Gasteiger partial charge in [0, 0.05) is 29.6 Å². The molecule has 3 aliphatic rings. The number of aromatic nitrogens is 4. The Morgan fingerprint density at radius 2 is 1.79 bits per heavy atom. The maximum absolute atomic E-state index is 16.3. The molecule has 0 aliphatic heterocycles. The monoisotopic (exact) mass is 549 g/mol. The molecule has 1 heterocycles. The van der Waals surface area contributed by atoms with Crippen molar-refractivity contribution in [1.82, 2.24) is 25.5 Å². The Labute approximate surface area is 223 Å². The Hall–Kier alpha value is -3.09. The van der Waals surface area contributed by atoms with E-state index in [2.05, 4.69) is 20.8 Å². The van der Waals surface area contributed by atoms with E-state index >= 15 is 8.78 Å². The van der Waals surface area contributed by atoms with E-state index in [1.54, 1.807) is 12.1 Å². The van der Waals surface area contributed by atoms with Crippen molar-refractivity contribution in [3.8, 4) is 5.75 Å². The van der Waals surface area contributed by atoms with Crippen molar-refractivity contribution < 1.29 is 32.5 Å². The fourth-order valence-electron chi connectivity index (χ4n) is 6.06. The average molecular weight is 550 g/mol. The van der Waals surface area contributed by atoms with Crippen LogP contribution in [0.4, 0.5) is 17.6 Å². The summed E-state index contributed by atoms with van der Waals surface area (Å²) in [4.78, 5) is 0. The SMILES string of the molecule is CC(C)NC[C@H](O)COc1ccc(C23CC(C(F)(F)C(O)(Cn4cnnn4)c4ccc(F)cc4F)(C2)C3)cc1. The van der Waals surface area contributed by atoms with Crippen LogP contribution in [0, 0.1) is 17.0 Å². The van der Waals surface area contributed by atoms with Crippen molar-refractivity contribution in [3.63, 3.8) is 0 Å². The largest absolute Gasteiger partial charge is 0.491 e. The summed E-state index contributed by atoms with van der Waals surface area (Å²) in [6, 6.07) is 9.53. The van der Waals surface area contributed by atoms with Crippen LogP contribution in [0.2, 0.25) is 0 Å². The summed E-state index contributed by atoms with van der Waals surface area (Å²) in [7, 11) is 0. The predicted molar refractivity (Wildman–Crippen MR) is 132 cm³/mol. The lowest BCUT2D eigenvalue weighted by molar-refractivity contribution is -0.347. The standard InChI is InChI=1S/C27H31F4N5O3/c1-17(2)32-10-20(37)11-39-21-6-3-18(4-7-21)24-12-25(13-24,14-24)27(30,31)26(38,15-36-16-33-34-35-36)22-8-5-19(28)9-23(22)29/h3-9,16-17,20,32,37-38H,10-15H2,1-2H3/t20-,24?,25?,26?/m0/s1. The molecule has 3 aromatic rings. The number of aliphatic hydroxyl groups excluding tert-OH is 1. The van der Waals surface area contributed by atoms with Crippen LogP contribution in [0.3, 0.4) is 0 Å². The summed E-state index contributed by atoms with van der Waals surface area (Å²) >= 11 is 0. The minimum Gasteiger partial charge on any atom is -0.491 e. The van der Waals surface area contributed by atoms with E-state index < -0.39 is 52.2 Å². The molecule has 2 atom stereocenters. The van der Waals surface area contributed by atoms with Crippen LogP contribution in [0.25, 0.3) is 0 Å². The lowest BCUT2D eigenvalue weighted by atomic mass is 9.30. The van der Waals surface area contributed by atoms with Gasteiger partial charge in [-0.05, 0) is 64.9 Å². The van der Waals surface area contributed by atoms with Gasteiger partial charge >= 0.3 is 0 Å². The molecular formula is C27H31F4N5O3. The number of tetrazole rings is 1. The minimum atomic E-state index is -3.78. The third kappa shape index (κ3) is 4.68. The Kier molecular flexibility index (Phi) is 6.92. The maximum atomic E-state index is 16.3. The van der Waals surface area contributed by atoms with Gasteiger partial charge in [0.15, 0.2) is 5.60 Å². The summed E-state index contributed by atoms with van der Waals surface area (Å²) in [5.74, 6) is -5.44. The molecule has 3 aliphatic carbocycles. The smallest absolute Gasteiger partial charge is 0.287 e. The topological polar surface area (TPSA) is 105 Å². The molecule has 3 fully saturated rings. The molecule has 2 bridgehead atoms. The van der Waals surface area contributed by atoms with Gasteiger partial charge in [-0.25, -0.2) is 22.2 Å². The van der Waals surface area contributed by atoms with E-state index in [1.807, 2.05) is 26.0 Å². The van der Waals surface area contributed by atoms with Crippen LogP contribution in [0.5, 0.6) is 5.75 Å². The molecule has 3 saturated carbocycles. The van der Waals surface area contributed by atoms with Gasteiger partial charge in [-0.15, -0.1) is 5.10 Å². The van der Waals surface area contributed by atoms with Crippen molar-refractivity contribution in [2.75, 3.05) is 13.2 Å². The molecule has 1 aromatic heterocycles. The van der Waals surface area contributed by atoms with E-state index in [9.17, 15) is 19.0 Å². The van der Waals surface area contributed by atoms with Crippen molar-refractivity contribution in [3.05, 3.63) is 71.6 Å². The first-order valence-electron chi connectivity index (χ1n) is 12.8. The zero-order valence-electron chi connectivity index (χ0n) is 21.6. The van der Waals surface area contributed by atoms with Crippen molar-refractivity contribution >= 4 is 0 Å². The van der Waals surface area contributed by atoms with E-state index in [-0.39, 0.29) is 31.9 Å². The quantitative estimate of drug-likeness (QED) is 0.298. The molecule has 3 N–H and O–H groups in total. The Morgan fingerprint density at radius 1 is 1.10 bits per heavy atom. The number of nitrogens with zero attached hydrogens (tertiary/aromatic N) is 4. The zero-order valence-corrected chi connectivity index (χ0v) is 21.6. The Bertz CT molecular complexity index is 1290. The second-order valence-corrected chi connectivity index (χ2v) is 11.2. The highest BCUT2D eigenvalue weighted by Gasteiger charge is 2.82. The number of hydrogen-bond donors (Lipinski definition) is 3. The number of hydrogen-bond acceptors (Lipinski definition) is 7. The number of alkyl halides is 2. The Balaban J connectivity index is 1.30. The van der Waals surface area contributed by atoms with E-state index in [0.29, 0.717) is 18.4 Å². The number of rotatable bonds is 12. The summed E-state index contributed by atoms with van der Waals surface area (Å²) < 4.78 is 67.5. The normalized spacial score (nSPS) is 24.5. The third-order valence-corrected chi connectivity index (χ3v) is 8.05. The first-order chi connectivity index (χ1) is 18.4. The molecule has 39 heavy (non-hydrogen) atoms. The third-order valence-electron chi connectivity index (χ3n) is 8.05. The van der Waals surface area contributed by atoms with Gasteiger partial charge in [0.2, 0.25) is 0 Å². The molecular weight excluding hydrogens is 518 g/mol. The van der Waals surface area contributed by atoms with Crippen LogP contribution in [0.1, 0.15) is 44.2 Å². The molecule has 6 rings (SSSR count). The number of benzene rings is 2. The summed E-state index contributed by atoms with van der Waals surface area (Å²) in [5.41, 5.74) is -4.92. The first-order valence-corrected chi connectivity index (χ1v) is 12.8. The molecule has 210 valence electrons. The zero-order chi connectivity index (χ0) is 28.1. The van der Waals surface area contributed by atoms with Crippen LogP contribution in [-0.2, 0) is 17.6 Å². The van der Waals surface area contributed by atoms with Gasteiger partial charge in [-0.2, -0.15) is 0 Å². The lowest BCUT2D eigenvalue weighted by Crippen LogP contribution is -2.76. The summed E-state index contributed by atoms with van der Waals surface area (Å²) in [5, 5.41) is 35.0. The minimum absolute atomic E-state index is 0.0908. The van der Waals surface area contributed by atoms with Crippen LogP contribution in [-0.4, -0.2) is 61.6 Å². The highest BCUT2D eigenvalue weighted by Crippen LogP contribution is 2.80. The van der Waals surface area contributed by atoms with E-state index in [0.717, 1.165) is 28.7 Å². The number of aliphatic hydroxyl groups is 2. The molecule has 0 saturated heterocycles. The fraction of sp³-hybridized carbons (Fsp3) is 0.519. The second kappa shape index (κ2) is 9.83. The van der Waals surface area contributed by atoms with Gasteiger partial charge in [0.1, 0.15) is 36.4 Å². The van der Waals surface area contributed by atoms with E-state index in [1.165, 1.54) is 0 Å². The Morgan fingerprint density at radius 3 is 2.38 bits per heavy atom. The van der Waals surface area contributed by atoms with Crippen LogP contribution >= 0.6 is 0 Å². The van der Waals surface area contributed by atoms with Gasteiger partial charge in [0.25, 0.3) is 5.92 Å². The maximum Gasteiger partial charge on any atom is 0.287 e. The van der Waals surface area contributed by atoms with Crippen molar-refractivity contribution in [2.24, 2.45) is 5.41 Å². The van der Waals surface area contributed by atoms with E-state index in [4.69, 9.17) is 4.74 Å². The van der Waals surface area contributed by atoms with Crippen LogP contribution < -0.4 is 10.1 Å². The fourth-order valence-corrected chi connectivity index (χ4v) is 6.06. The number of nitrogens with one attached hydrogen (secondary N) is 1. The number of halogens is 4. The molecule has 0 spiro atoms. The second-order valence-electron chi connectivity index (χ2n) is 11.2. The van der Waals surface area contributed by atoms with Crippen LogP contribution in [0.15, 0.2) is 48.8 Å². The van der Waals surface area contributed by atoms with Crippen molar-refractivity contribution in [2.45, 2.75) is 68.7 Å². The average Bonchev–Trinajstić information content (AvgIpc) is 3.33. The van der Waals surface area contributed by atoms with Gasteiger partial charge < -0.3 is 20.3 Å². The first kappa shape index (κ1) is 27.5. The molecule has 12 heteroatoms. The number of ether oxygens (including phenoxy) is 1. The molecule has 8 nitrogen and oxygen atoms in total. The molecule has 2 aromatic carbocycles. The van der Waals surface area contributed by atoms with Gasteiger partial charge in [0.05, 0.1) is 6.54 Å².